The van der Waals surface area contributed by atoms with Gasteiger partial charge in [-0.15, -0.1) is 0 Å². The molecular weight excluding hydrogens is 372 g/mol. The number of hydrogen-bond acceptors (Lipinski definition) is 3. The van der Waals surface area contributed by atoms with Crippen LogP contribution in [-0.4, -0.2) is 57.7 Å². The van der Waals surface area contributed by atoms with Crippen LogP contribution in [0.3, 0.4) is 0 Å². The SMILES string of the molecule is CN(C(=O)c1cnn(-c2ccccc2)c1)[C@H]1CCCN(C2Cc3ccccc3C2)C1. The second-order valence-corrected chi connectivity index (χ2v) is 8.55. The molecule has 1 aromatic heterocycles. The Hall–Kier alpha value is -2.92. The van der Waals surface area contributed by atoms with Gasteiger partial charge in [0, 0.05) is 31.9 Å². The van der Waals surface area contributed by atoms with E-state index in [0.29, 0.717) is 11.6 Å². The third-order valence-corrected chi connectivity index (χ3v) is 6.69. The van der Waals surface area contributed by atoms with E-state index in [-0.39, 0.29) is 11.9 Å². The Kier molecular flexibility index (Phi) is 5.13. The summed E-state index contributed by atoms with van der Waals surface area (Å²) in [5.74, 6) is 0.0544. The lowest BCUT2D eigenvalue weighted by molar-refractivity contribution is 0.0555. The molecule has 1 aliphatic carbocycles. The number of hydrogen-bond donors (Lipinski definition) is 0. The molecule has 0 saturated carbocycles. The number of carbonyl (C=O) groups is 1. The van der Waals surface area contributed by atoms with Gasteiger partial charge >= 0.3 is 0 Å². The van der Waals surface area contributed by atoms with Gasteiger partial charge in [-0.1, -0.05) is 42.5 Å². The maximum Gasteiger partial charge on any atom is 0.257 e. The molecule has 1 saturated heterocycles. The summed E-state index contributed by atoms with van der Waals surface area (Å²) in [7, 11) is 1.94. The fraction of sp³-hybridized carbons (Fsp3) is 0.360. The number of piperidine rings is 1. The monoisotopic (exact) mass is 400 g/mol. The van der Waals surface area contributed by atoms with Crippen molar-refractivity contribution in [1.29, 1.82) is 0 Å². The van der Waals surface area contributed by atoms with Crippen molar-refractivity contribution in [3.05, 3.63) is 83.7 Å². The van der Waals surface area contributed by atoms with Crippen LogP contribution in [0.5, 0.6) is 0 Å². The van der Waals surface area contributed by atoms with E-state index in [2.05, 4.69) is 34.3 Å². The van der Waals surface area contributed by atoms with Crippen LogP contribution in [0.25, 0.3) is 5.69 Å². The number of aromatic nitrogens is 2. The number of benzene rings is 2. The van der Waals surface area contributed by atoms with Crippen molar-refractivity contribution in [2.75, 3.05) is 20.1 Å². The molecule has 5 nitrogen and oxygen atoms in total. The number of carbonyl (C=O) groups excluding carboxylic acids is 1. The summed E-state index contributed by atoms with van der Waals surface area (Å²) in [6.07, 6.45) is 7.97. The van der Waals surface area contributed by atoms with Crippen molar-refractivity contribution in [2.24, 2.45) is 0 Å². The highest BCUT2D eigenvalue weighted by Gasteiger charge is 2.33. The van der Waals surface area contributed by atoms with Gasteiger partial charge in [0.05, 0.1) is 17.4 Å². The number of nitrogens with zero attached hydrogens (tertiary/aromatic N) is 4. The minimum Gasteiger partial charge on any atom is -0.337 e. The maximum atomic E-state index is 13.1. The van der Waals surface area contributed by atoms with E-state index < -0.39 is 0 Å². The van der Waals surface area contributed by atoms with E-state index in [1.807, 2.05) is 48.5 Å². The number of likely N-dealkylation sites (tertiary alicyclic amines) is 1. The molecule has 2 aromatic carbocycles. The van der Waals surface area contributed by atoms with Gasteiger partial charge < -0.3 is 4.90 Å². The molecule has 1 amide bonds. The highest BCUT2D eigenvalue weighted by atomic mass is 16.2. The van der Waals surface area contributed by atoms with E-state index in [4.69, 9.17) is 0 Å². The van der Waals surface area contributed by atoms with Gasteiger partial charge in [0.1, 0.15) is 0 Å². The molecule has 0 N–H and O–H groups in total. The van der Waals surface area contributed by atoms with Crippen LogP contribution < -0.4 is 0 Å². The number of fused-ring (bicyclic) bond motifs is 1. The topological polar surface area (TPSA) is 41.4 Å². The van der Waals surface area contributed by atoms with Crippen LogP contribution in [0.1, 0.15) is 34.3 Å². The molecule has 3 aromatic rings. The summed E-state index contributed by atoms with van der Waals surface area (Å²) in [6.45, 7) is 2.08. The molecule has 5 rings (SSSR count). The Morgan fingerprint density at radius 1 is 1.03 bits per heavy atom. The molecule has 0 bridgehead atoms. The minimum atomic E-state index is 0.0544. The Morgan fingerprint density at radius 3 is 2.47 bits per heavy atom. The molecule has 0 spiro atoms. The number of rotatable bonds is 4. The standard InChI is InChI=1S/C25H28N4O/c1-27(25(30)21-16-26-29(17-21)22-10-3-2-4-11-22)23-12-7-13-28(18-23)24-14-19-8-5-6-9-20(19)15-24/h2-6,8-11,16-17,23-24H,7,12-15,18H2,1H3/t23-/m0/s1. The first kappa shape index (κ1) is 19.1. The number of amides is 1. The Labute approximate surface area is 177 Å². The second kappa shape index (κ2) is 8.07. The average molecular weight is 401 g/mol. The highest BCUT2D eigenvalue weighted by Crippen LogP contribution is 2.28. The van der Waals surface area contributed by atoms with E-state index in [0.717, 1.165) is 44.5 Å². The molecule has 0 unspecified atom stereocenters. The Morgan fingerprint density at radius 2 is 1.73 bits per heavy atom. The normalized spacial score (nSPS) is 19.6. The summed E-state index contributed by atoms with van der Waals surface area (Å²) in [6, 6.07) is 19.5. The molecular formula is C25H28N4O. The average Bonchev–Trinajstić information content (AvgIpc) is 3.46. The van der Waals surface area contributed by atoms with Crippen LogP contribution >= 0.6 is 0 Å². The molecule has 154 valence electrons. The van der Waals surface area contributed by atoms with E-state index in [1.54, 1.807) is 10.9 Å². The smallest absolute Gasteiger partial charge is 0.257 e. The molecule has 0 radical (unpaired) electrons. The van der Waals surface area contributed by atoms with Crippen LogP contribution in [-0.2, 0) is 12.8 Å². The first-order chi connectivity index (χ1) is 14.7. The lowest BCUT2D eigenvalue weighted by Crippen LogP contribution is -2.51. The van der Waals surface area contributed by atoms with Gasteiger partial charge in [0.15, 0.2) is 0 Å². The lowest BCUT2D eigenvalue weighted by Gasteiger charge is -2.40. The number of likely N-dealkylation sites (N-methyl/N-ethyl adjacent to an activating group) is 1. The molecule has 5 heteroatoms. The van der Waals surface area contributed by atoms with Crippen molar-refractivity contribution in [1.82, 2.24) is 19.6 Å². The van der Waals surface area contributed by atoms with E-state index in [9.17, 15) is 4.79 Å². The molecule has 30 heavy (non-hydrogen) atoms. The largest absolute Gasteiger partial charge is 0.337 e. The first-order valence-electron chi connectivity index (χ1n) is 10.9. The molecule has 1 aliphatic heterocycles. The summed E-state index contributed by atoms with van der Waals surface area (Å²) >= 11 is 0. The van der Waals surface area contributed by atoms with Crippen LogP contribution in [0.15, 0.2) is 67.0 Å². The summed E-state index contributed by atoms with van der Waals surface area (Å²) < 4.78 is 1.77. The zero-order chi connectivity index (χ0) is 20.5. The zero-order valence-corrected chi connectivity index (χ0v) is 17.4. The number of para-hydroxylation sites is 1. The first-order valence-corrected chi connectivity index (χ1v) is 10.9. The van der Waals surface area contributed by atoms with Gasteiger partial charge in [-0.25, -0.2) is 4.68 Å². The minimum absolute atomic E-state index is 0.0544. The quantitative estimate of drug-likeness (QED) is 0.672. The van der Waals surface area contributed by atoms with Crippen molar-refractivity contribution in [3.63, 3.8) is 0 Å². The van der Waals surface area contributed by atoms with Gasteiger partial charge in [-0.2, -0.15) is 5.10 Å². The van der Waals surface area contributed by atoms with Gasteiger partial charge in [-0.3, -0.25) is 9.69 Å². The van der Waals surface area contributed by atoms with Crippen molar-refractivity contribution < 1.29 is 4.79 Å². The second-order valence-electron chi connectivity index (χ2n) is 8.55. The molecule has 1 atom stereocenters. The van der Waals surface area contributed by atoms with E-state index >= 15 is 0 Å². The van der Waals surface area contributed by atoms with Crippen LogP contribution in [0.4, 0.5) is 0 Å². The van der Waals surface area contributed by atoms with E-state index in [1.165, 1.54) is 11.1 Å². The maximum absolute atomic E-state index is 13.1. The predicted molar refractivity (Wildman–Crippen MR) is 118 cm³/mol. The Bertz CT molecular complexity index is 1000. The molecule has 2 aliphatic rings. The lowest BCUT2D eigenvalue weighted by atomic mass is 10.0. The third kappa shape index (κ3) is 3.65. The summed E-state index contributed by atoms with van der Waals surface area (Å²) in [5.41, 5.74) is 4.58. The van der Waals surface area contributed by atoms with Gasteiger partial charge in [0.2, 0.25) is 0 Å². The summed E-state index contributed by atoms with van der Waals surface area (Å²) in [4.78, 5) is 17.7. The van der Waals surface area contributed by atoms with Crippen molar-refractivity contribution in [2.45, 2.75) is 37.8 Å². The summed E-state index contributed by atoms with van der Waals surface area (Å²) in [5, 5.41) is 4.39. The van der Waals surface area contributed by atoms with Gasteiger partial charge in [0.25, 0.3) is 5.91 Å². The van der Waals surface area contributed by atoms with Crippen molar-refractivity contribution >= 4 is 5.91 Å². The van der Waals surface area contributed by atoms with Crippen LogP contribution in [0, 0.1) is 0 Å². The highest BCUT2D eigenvalue weighted by molar-refractivity contribution is 5.93. The van der Waals surface area contributed by atoms with Crippen molar-refractivity contribution in [3.8, 4) is 5.69 Å². The molecule has 1 fully saturated rings. The van der Waals surface area contributed by atoms with Gasteiger partial charge in [-0.05, 0) is 55.5 Å². The molecule has 2 heterocycles. The Balaban J connectivity index is 1.25. The van der Waals surface area contributed by atoms with Crippen LogP contribution in [0.2, 0.25) is 0 Å². The zero-order valence-electron chi connectivity index (χ0n) is 17.4. The fourth-order valence-corrected chi connectivity index (χ4v) is 4.95. The predicted octanol–water partition coefficient (Wildman–Crippen LogP) is 3.58. The fourth-order valence-electron chi connectivity index (χ4n) is 4.95. The third-order valence-electron chi connectivity index (χ3n) is 6.69.